The average Bonchev–Trinajstić information content (AvgIpc) is 3.13. The minimum atomic E-state index is -0.0518. The van der Waals surface area contributed by atoms with Crippen LogP contribution in [0, 0.1) is 0 Å². The number of methoxy groups -OCH3 is 1. The zero-order valence-corrected chi connectivity index (χ0v) is 15.9. The van der Waals surface area contributed by atoms with Crippen molar-refractivity contribution in [1.82, 2.24) is 10.6 Å². The van der Waals surface area contributed by atoms with Crippen molar-refractivity contribution in [2.45, 2.75) is 26.4 Å². The van der Waals surface area contributed by atoms with Crippen molar-refractivity contribution in [2.75, 3.05) is 26.7 Å². The van der Waals surface area contributed by atoms with E-state index >= 15 is 0 Å². The van der Waals surface area contributed by atoms with Crippen LogP contribution in [0.3, 0.4) is 0 Å². The van der Waals surface area contributed by atoms with Gasteiger partial charge < -0.3 is 20.1 Å². The van der Waals surface area contributed by atoms with Crippen LogP contribution in [0.2, 0.25) is 0 Å². The molecule has 0 bridgehead atoms. The molecule has 136 valence electrons. The van der Waals surface area contributed by atoms with E-state index in [2.05, 4.69) is 40.1 Å². The molecule has 0 saturated carbocycles. The van der Waals surface area contributed by atoms with Gasteiger partial charge in [-0.2, -0.15) is 0 Å². The summed E-state index contributed by atoms with van der Waals surface area (Å²) in [6.07, 6.45) is 0.944. The molecular weight excluding hydrogens is 334 g/mol. The molecule has 0 spiro atoms. The summed E-state index contributed by atoms with van der Waals surface area (Å²) in [4.78, 5) is 5.99. The number of rotatable bonds is 9. The maximum atomic E-state index is 5.94. The lowest BCUT2D eigenvalue weighted by atomic mass is 10.3. The van der Waals surface area contributed by atoms with E-state index in [0.29, 0.717) is 6.54 Å². The lowest BCUT2D eigenvalue weighted by molar-refractivity contribution is 0.219. The third-order valence-electron chi connectivity index (χ3n) is 3.49. The minimum Gasteiger partial charge on any atom is -0.493 e. The predicted molar refractivity (Wildman–Crippen MR) is 105 cm³/mol. The van der Waals surface area contributed by atoms with Crippen LogP contribution in [-0.4, -0.2) is 38.8 Å². The first kappa shape index (κ1) is 19.1. The van der Waals surface area contributed by atoms with Gasteiger partial charge >= 0.3 is 0 Å². The van der Waals surface area contributed by atoms with Crippen molar-refractivity contribution in [3.63, 3.8) is 0 Å². The van der Waals surface area contributed by atoms with E-state index in [9.17, 15) is 0 Å². The first-order valence-electron chi connectivity index (χ1n) is 8.57. The number of hydrogen-bond donors (Lipinski definition) is 2. The van der Waals surface area contributed by atoms with Gasteiger partial charge in [0.2, 0.25) is 0 Å². The third-order valence-corrected chi connectivity index (χ3v) is 4.43. The zero-order chi connectivity index (χ0) is 17.9. The Morgan fingerprint density at radius 3 is 2.64 bits per heavy atom. The van der Waals surface area contributed by atoms with E-state index in [1.807, 2.05) is 31.2 Å². The Kier molecular flexibility index (Phi) is 8.12. The molecule has 1 aromatic carbocycles. The number of ether oxygens (including phenoxy) is 2. The first-order valence-corrected chi connectivity index (χ1v) is 9.45. The second-order valence-corrected chi connectivity index (χ2v) is 6.59. The van der Waals surface area contributed by atoms with Crippen molar-refractivity contribution in [2.24, 2.45) is 4.99 Å². The summed E-state index contributed by atoms with van der Waals surface area (Å²) < 4.78 is 11.3. The summed E-state index contributed by atoms with van der Waals surface area (Å²) in [6, 6.07) is 11.9. The molecule has 0 aliphatic carbocycles. The summed E-state index contributed by atoms with van der Waals surface area (Å²) >= 11 is 1.78. The first-order chi connectivity index (χ1) is 12.2. The van der Waals surface area contributed by atoms with E-state index in [1.165, 1.54) is 4.88 Å². The summed E-state index contributed by atoms with van der Waals surface area (Å²) in [7, 11) is 1.64. The molecule has 25 heavy (non-hydrogen) atoms. The number of para-hydroxylation sites is 2. The SMILES string of the molecule is CCNC(=NCC(C)Oc1ccccc1OC)NCCc1cccs1. The Hall–Kier alpha value is -2.21. The van der Waals surface area contributed by atoms with Crippen molar-refractivity contribution in [1.29, 1.82) is 0 Å². The molecule has 0 amide bonds. The maximum Gasteiger partial charge on any atom is 0.191 e. The van der Waals surface area contributed by atoms with Crippen LogP contribution in [0.4, 0.5) is 0 Å². The lowest BCUT2D eigenvalue weighted by Crippen LogP contribution is -2.39. The van der Waals surface area contributed by atoms with E-state index in [1.54, 1.807) is 18.4 Å². The van der Waals surface area contributed by atoms with Crippen molar-refractivity contribution in [3.8, 4) is 11.5 Å². The van der Waals surface area contributed by atoms with Gasteiger partial charge in [0.05, 0.1) is 13.7 Å². The van der Waals surface area contributed by atoms with Gasteiger partial charge in [-0.1, -0.05) is 18.2 Å². The van der Waals surface area contributed by atoms with Gasteiger partial charge in [0.15, 0.2) is 17.5 Å². The molecule has 1 heterocycles. The van der Waals surface area contributed by atoms with Gasteiger partial charge in [0.25, 0.3) is 0 Å². The normalized spacial score (nSPS) is 12.5. The molecule has 0 aliphatic rings. The number of thiophene rings is 1. The quantitative estimate of drug-likeness (QED) is 0.531. The summed E-state index contributed by atoms with van der Waals surface area (Å²) in [6.45, 7) is 6.31. The molecule has 0 aliphatic heterocycles. The fraction of sp³-hybridized carbons (Fsp3) is 0.421. The van der Waals surface area contributed by atoms with Crippen LogP contribution in [-0.2, 0) is 6.42 Å². The highest BCUT2D eigenvalue weighted by atomic mass is 32.1. The summed E-state index contributed by atoms with van der Waals surface area (Å²) in [5.74, 6) is 2.29. The number of aliphatic imine (C=N–C) groups is 1. The molecule has 5 nitrogen and oxygen atoms in total. The van der Waals surface area contributed by atoms with Gasteiger partial charge in [0, 0.05) is 18.0 Å². The topological polar surface area (TPSA) is 54.9 Å². The number of nitrogens with zero attached hydrogens (tertiary/aromatic N) is 1. The average molecular weight is 362 g/mol. The molecule has 0 fully saturated rings. The van der Waals surface area contributed by atoms with Gasteiger partial charge in [-0.05, 0) is 43.8 Å². The molecule has 0 saturated heterocycles. The van der Waals surface area contributed by atoms with Crippen LogP contribution in [0.25, 0.3) is 0 Å². The third kappa shape index (κ3) is 6.66. The second kappa shape index (κ2) is 10.6. The van der Waals surface area contributed by atoms with Crippen LogP contribution < -0.4 is 20.1 Å². The number of benzene rings is 1. The van der Waals surface area contributed by atoms with Crippen LogP contribution in [0.5, 0.6) is 11.5 Å². The van der Waals surface area contributed by atoms with E-state index < -0.39 is 0 Å². The van der Waals surface area contributed by atoms with Gasteiger partial charge in [-0.25, -0.2) is 4.99 Å². The van der Waals surface area contributed by atoms with Crippen molar-refractivity contribution in [3.05, 3.63) is 46.7 Å². The molecule has 0 radical (unpaired) electrons. The van der Waals surface area contributed by atoms with Gasteiger partial charge in [-0.3, -0.25) is 0 Å². The molecular formula is C19H27N3O2S. The van der Waals surface area contributed by atoms with E-state index in [-0.39, 0.29) is 6.10 Å². The molecule has 2 aromatic rings. The maximum absolute atomic E-state index is 5.94. The zero-order valence-electron chi connectivity index (χ0n) is 15.1. The van der Waals surface area contributed by atoms with Gasteiger partial charge in [0.1, 0.15) is 6.10 Å². The number of guanidine groups is 1. The molecule has 2 N–H and O–H groups in total. The molecule has 2 rings (SSSR count). The summed E-state index contributed by atoms with van der Waals surface area (Å²) in [5.41, 5.74) is 0. The van der Waals surface area contributed by atoms with E-state index in [4.69, 9.17) is 9.47 Å². The van der Waals surface area contributed by atoms with Crippen LogP contribution in [0.15, 0.2) is 46.8 Å². The molecule has 1 unspecified atom stereocenters. The fourth-order valence-electron chi connectivity index (χ4n) is 2.29. The van der Waals surface area contributed by atoms with Crippen LogP contribution >= 0.6 is 11.3 Å². The Morgan fingerprint density at radius 2 is 1.96 bits per heavy atom. The number of nitrogens with one attached hydrogen (secondary N) is 2. The van der Waals surface area contributed by atoms with Gasteiger partial charge in [-0.15, -0.1) is 11.3 Å². The Balaban J connectivity index is 1.84. The Labute approximate surface area is 154 Å². The predicted octanol–water partition coefficient (Wildman–Crippen LogP) is 3.32. The molecule has 6 heteroatoms. The largest absolute Gasteiger partial charge is 0.493 e. The Morgan fingerprint density at radius 1 is 1.16 bits per heavy atom. The molecule has 1 aromatic heterocycles. The highest BCUT2D eigenvalue weighted by molar-refractivity contribution is 7.09. The Bertz CT molecular complexity index is 644. The highest BCUT2D eigenvalue weighted by Crippen LogP contribution is 2.26. The second-order valence-electron chi connectivity index (χ2n) is 5.56. The van der Waals surface area contributed by atoms with E-state index in [0.717, 1.165) is 37.0 Å². The molecule has 1 atom stereocenters. The standard InChI is InChI=1S/C19H27N3O2S/c1-4-20-19(21-12-11-16-8-7-13-25-16)22-14-15(2)24-18-10-6-5-9-17(18)23-3/h5-10,13,15H,4,11-12,14H2,1-3H3,(H2,20,21,22). The fourth-order valence-corrected chi connectivity index (χ4v) is 3.00. The summed E-state index contributed by atoms with van der Waals surface area (Å²) in [5, 5.41) is 8.74. The van der Waals surface area contributed by atoms with Crippen LogP contribution in [0.1, 0.15) is 18.7 Å². The van der Waals surface area contributed by atoms with Crippen molar-refractivity contribution >= 4 is 17.3 Å². The van der Waals surface area contributed by atoms with Crippen molar-refractivity contribution < 1.29 is 9.47 Å². The minimum absolute atomic E-state index is 0.0518. The monoisotopic (exact) mass is 361 g/mol. The highest BCUT2D eigenvalue weighted by Gasteiger charge is 2.08. The number of hydrogen-bond acceptors (Lipinski definition) is 4. The smallest absolute Gasteiger partial charge is 0.191 e. The lowest BCUT2D eigenvalue weighted by Gasteiger charge is -2.16.